The summed E-state index contributed by atoms with van der Waals surface area (Å²) in [5.41, 5.74) is 13.5. The third kappa shape index (κ3) is 3.39. The Morgan fingerprint density at radius 2 is 0.840 bits per heavy atom. The maximum atomic E-state index is 2.52. The smallest absolute Gasteiger partial charge is 0.0287 e. The molecule has 0 fully saturated rings. The second-order valence-corrected chi connectivity index (χ2v) is 8.25. The van der Waals surface area contributed by atoms with Crippen molar-refractivity contribution in [3.63, 3.8) is 0 Å². The molecule has 0 amide bonds. The van der Waals surface area contributed by atoms with Gasteiger partial charge >= 0.3 is 0 Å². The van der Waals surface area contributed by atoms with Gasteiger partial charge in [0.15, 0.2) is 0 Å². The van der Waals surface area contributed by atoms with Gasteiger partial charge in [0, 0.05) is 3.57 Å². The van der Waals surface area contributed by atoms with Crippen LogP contribution >= 0.6 is 22.6 Å². The van der Waals surface area contributed by atoms with Gasteiger partial charge in [0.25, 0.3) is 0 Å². The first-order valence-corrected chi connectivity index (χ1v) is 9.82. The Labute approximate surface area is 165 Å². The third-order valence-electron chi connectivity index (χ3n) is 5.26. The van der Waals surface area contributed by atoms with Crippen molar-refractivity contribution in [2.24, 2.45) is 0 Å². The number of hydrogen-bond acceptors (Lipinski definition) is 0. The van der Waals surface area contributed by atoms with Gasteiger partial charge in [0.05, 0.1) is 0 Å². The van der Waals surface area contributed by atoms with E-state index >= 15 is 0 Å². The van der Waals surface area contributed by atoms with E-state index in [1.54, 1.807) is 0 Å². The van der Waals surface area contributed by atoms with Crippen molar-refractivity contribution in [3.8, 4) is 22.3 Å². The Morgan fingerprint density at radius 3 is 1.24 bits per heavy atom. The average Bonchev–Trinajstić information content (AvgIpc) is 2.55. The van der Waals surface area contributed by atoms with Crippen molar-refractivity contribution in [2.75, 3.05) is 0 Å². The summed E-state index contributed by atoms with van der Waals surface area (Å²) in [7, 11) is 0. The summed E-state index contributed by atoms with van der Waals surface area (Å²) in [6, 6.07) is 16.0. The SMILES string of the molecule is Cc1cc(C)c(-c2cccc(-c3cc(C)c(C)cc3C)c2I)cc1C. The molecule has 1 heteroatoms. The molecule has 0 N–H and O–H groups in total. The van der Waals surface area contributed by atoms with Crippen LogP contribution in [0.5, 0.6) is 0 Å². The maximum absolute atomic E-state index is 2.52. The molecule has 0 aliphatic rings. The van der Waals surface area contributed by atoms with Crippen molar-refractivity contribution in [1.29, 1.82) is 0 Å². The van der Waals surface area contributed by atoms with Crippen LogP contribution in [0.2, 0.25) is 0 Å². The average molecular weight is 440 g/mol. The fourth-order valence-electron chi connectivity index (χ4n) is 3.45. The van der Waals surface area contributed by atoms with Crippen LogP contribution in [0.4, 0.5) is 0 Å². The van der Waals surface area contributed by atoms with Gasteiger partial charge in [-0.05, 0) is 120 Å². The third-order valence-corrected chi connectivity index (χ3v) is 6.42. The molecule has 0 radical (unpaired) electrons. The molecule has 3 aromatic rings. The van der Waals surface area contributed by atoms with Crippen LogP contribution in [-0.4, -0.2) is 0 Å². The maximum Gasteiger partial charge on any atom is 0.0287 e. The minimum atomic E-state index is 1.33. The minimum Gasteiger partial charge on any atom is -0.0610 e. The molecule has 0 saturated carbocycles. The molecular weight excluding hydrogens is 415 g/mol. The van der Waals surface area contributed by atoms with Crippen LogP contribution in [0.1, 0.15) is 33.4 Å². The molecule has 25 heavy (non-hydrogen) atoms. The van der Waals surface area contributed by atoms with Crippen LogP contribution in [0.15, 0.2) is 42.5 Å². The number of hydrogen-bond donors (Lipinski definition) is 0. The first-order valence-electron chi connectivity index (χ1n) is 8.74. The molecule has 0 spiro atoms. The van der Waals surface area contributed by atoms with Crippen molar-refractivity contribution >= 4 is 22.6 Å². The van der Waals surface area contributed by atoms with E-state index in [9.17, 15) is 0 Å². The van der Waals surface area contributed by atoms with E-state index in [1.807, 2.05) is 0 Å². The van der Waals surface area contributed by atoms with Gasteiger partial charge in [-0.25, -0.2) is 0 Å². The van der Waals surface area contributed by atoms with Crippen molar-refractivity contribution in [1.82, 2.24) is 0 Å². The molecular formula is C24H25I. The molecule has 0 heterocycles. The van der Waals surface area contributed by atoms with E-state index in [4.69, 9.17) is 0 Å². The minimum absolute atomic E-state index is 1.33. The normalized spacial score (nSPS) is 11.0. The molecule has 0 bridgehead atoms. The molecule has 0 aliphatic heterocycles. The van der Waals surface area contributed by atoms with Crippen LogP contribution in [-0.2, 0) is 0 Å². The number of benzene rings is 3. The summed E-state index contributed by atoms with van der Waals surface area (Å²) in [4.78, 5) is 0. The van der Waals surface area contributed by atoms with Gasteiger partial charge in [-0.15, -0.1) is 0 Å². The van der Waals surface area contributed by atoms with Gasteiger partial charge in [-0.2, -0.15) is 0 Å². The topological polar surface area (TPSA) is 0 Å². The van der Waals surface area contributed by atoms with Gasteiger partial charge in [0.1, 0.15) is 0 Å². The van der Waals surface area contributed by atoms with Crippen LogP contribution in [0.3, 0.4) is 0 Å². The molecule has 0 aliphatic carbocycles. The summed E-state index contributed by atoms with van der Waals surface area (Å²) < 4.78 is 1.33. The van der Waals surface area contributed by atoms with E-state index < -0.39 is 0 Å². The fourth-order valence-corrected chi connectivity index (χ4v) is 4.39. The quantitative estimate of drug-likeness (QED) is 0.363. The highest BCUT2D eigenvalue weighted by atomic mass is 127. The number of rotatable bonds is 2. The lowest BCUT2D eigenvalue weighted by Gasteiger charge is -2.16. The number of aryl methyl sites for hydroxylation is 6. The van der Waals surface area contributed by atoms with E-state index in [-0.39, 0.29) is 0 Å². The van der Waals surface area contributed by atoms with Crippen LogP contribution in [0, 0.1) is 45.1 Å². The predicted molar refractivity (Wildman–Crippen MR) is 118 cm³/mol. The molecule has 3 aromatic carbocycles. The van der Waals surface area contributed by atoms with Gasteiger partial charge < -0.3 is 0 Å². The molecule has 0 saturated heterocycles. The summed E-state index contributed by atoms with van der Waals surface area (Å²) >= 11 is 2.52. The van der Waals surface area contributed by atoms with Gasteiger partial charge in [0.2, 0.25) is 0 Å². The zero-order valence-electron chi connectivity index (χ0n) is 15.9. The van der Waals surface area contributed by atoms with E-state index in [2.05, 4.69) is 107 Å². The van der Waals surface area contributed by atoms with Gasteiger partial charge in [-0.1, -0.05) is 42.5 Å². The lowest BCUT2D eigenvalue weighted by atomic mass is 9.91. The lowest BCUT2D eigenvalue weighted by molar-refractivity contribution is 1.29. The highest BCUT2D eigenvalue weighted by molar-refractivity contribution is 14.1. The van der Waals surface area contributed by atoms with E-state index in [0.29, 0.717) is 0 Å². The Kier molecular flexibility index (Phi) is 5.06. The Balaban J connectivity index is 2.23. The summed E-state index contributed by atoms with van der Waals surface area (Å²) in [5, 5.41) is 0. The largest absolute Gasteiger partial charge is 0.0610 e. The number of halogens is 1. The van der Waals surface area contributed by atoms with Crippen LogP contribution in [0.25, 0.3) is 22.3 Å². The molecule has 0 nitrogen and oxygen atoms in total. The van der Waals surface area contributed by atoms with Gasteiger partial charge in [-0.3, -0.25) is 0 Å². The van der Waals surface area contributed by atoms with E-state index in [0.717, 1.165) is 0 Å². The molecule has 0 unspecified atom stereocenters. The molecule has 0 aromatic heterocycles. The first kappa shape index (κ1) is 18.2. The second kappa shape index (κ2) is 6.95. The highest BCUT2D eigenvalue weighted by Gasteiger charge is 2.14. The lowest BCUT2D eigenvalue weighted by Crippen LogP contribution is -1.95. The summed E-state index contributed by atoms with van der Waals surface area (Å²) in [6.07, 6.45) is 0. The van der Waals surface area contributed by atoms with Crippen molar-refractivity contribution in [3.05, 3.63) is 79.4 Å². The monoisotopic (exact) mass is 440 g/mol. The molecule has 3 rings (SSSR count). The predicted octanol–water partition coefficient (Wildman–Crippen LogP) is 7.48. The fraction of sp³-hybridized carbons (Fsp3) is 0.250. The van der Waals surface area contributed by atoms with Crippen molar-refractivity contribution < 1.29 is 0 Å². The molecule has 128 valence electrons. The standard InChI is InChI=1S/C24H25I/c1-14-10-18(5)22(12-16(14)3)20-8-7-9-21(24(20)25)23-13-17(4)15(2)11-19(23)6/h7-13H,1-6H3. The van der Waals surface area contributed by atoms with E-state index in [1.165, 1.54) is 59.2 Å². The zero-order chi connectivity index (χ0) is 18.3. The summed E-state index contributed by atoms with van der Waals surface area (Å²) in [5.74, 6) is 0. The zero-order valence-corrected chi connectivity index (χ0v) is 18.1. The Morgan fingerprint density at radius 1 is 0.480 bits per heavy atom. The Hall–Kier alpha value is -1.61. The first-order chi connectivity index (χ1) is 11.8. The second-order valence-electron chi connectivity index (χ2n) is 7.17. The molecule has 0 atom stereocenters. The Bertz CT molecular complexity index is 889. The summed E-state index contributed by atoms with van der Waals surface area (Å²) in [6.45, 7) is 13.2. The highest BCUT2D eigenvalue weighted by Crippen LogP contribution is 2.37. The van der Waals surface area contributed by atoms with Crippen LogP contribution < -0.4 is 0 Å². The van der Waals surface area contributed by atoms with Crippen molar-refractivity contribution in [2.45, 2.75) is 41.5 Å².